The first-order valence-electron chi connectivity index (χ1n) is 9.15. The first kappa shape index (κ1) is 20.2. The molecular formula is C22H30O4. The largest absolute Gasteiger partial charge is 0.487 e. The van der Waals surface area contributed by atoms with E-state index in [1.54, 1.807) is 26.0 Å². The lowest BCUT2D eigenvalue weighted by Crippen LogP contribution is -2.39. The van der Waals surface area contributed by atoms with Gasteiger partial charge in [0.25, 0.3) is 0 Å². The summed E-state index contributed by atoms with van der Waals surface area (Å²) in [6.07, 6.45) is 7.15. The minimum Gasteiger partial charge on any atom is -0.487 e. The van der Waals surface area contributed by atoms with Crippen molar-refractivity contribution in [2.75, 3.05) is 0 Å². The highest BCUT2D eigenvalue weighted by Gasteiger charge is 2.36. The number of allylic oxidation sites excluding steroid dienone is 4. The van der Waals surface area contributed by atoms with E-state index in [0.717, 1.165) is 29.7 Å². The van der Waals surface area contributed by atoms with Crippen molar-refractivity contribution in [1.82, 2.24) is 0 Å². The van der Waals surface area contributed by atoms with Crippen LogP contribution in [0.2, 0.25) is 0 Å². The maximum Gasteiger partial charge on any atom is 0.335 e. The Bertz CT molecular complexity index is 731. The number of carbonyl (C=O) groups is 1. The number of aliphatic hydroxyl groups is 1. The van der Waals surface area contributed by atoms with Gasteiger partial charge in [-0.3, -0.25) is 0 Å². The van der Waals surface area contributed by atoms with Crippen LogP contribution in [0.25, 0.3) is 0 Å². The summed E-state index contributed by atoms with van der Waals surface area (Å²) < 4.78 is 6.00. The molecule has 142 valence electrons. The van der Waals surface area contributed by atoms with E-state index in [4.69, 9.17) is 4.74 Å². The number of aromatic carboxylic acids is 1. The van der Waals surface area contributed by atoms with Crippen molar-refractivity contribution >= 4 is 5.97 Å². The van der Waals surface area contributed by atoms with Crippen molar-refractivity contribution in [3.63, 3.8) is 0 Å². The number of hydrogen-bond donors (Lipinski definition) is 2. The summed E-state index contributed by atoms with van der Waals surface area (Å²) in [5.74, 6) is -0.208. The van der Waals surface area contributed by atoms with Crippen molar-refractivity contribution in [3.8, 4) is 5.75 Å². The normalized spacial score (nSPS) is 16.8. The lowest BCUT2D eigenvalue weighted by atomic mass is 9.95. The first-order valence-corrected chi connectivity index (χ1v) is 9.15. The van der Waals surface area contributed by atoms with E-state index >= 15 is 0 Å². The topological polar surface area (TPSA) is 66.8 Å². The van der Waals surface area contributed by atoms with Crippen molar-refractivity contribution < 1.29 is 19.7 Å². The Hall–Kier alpha value is -2.07. The molecule has 1 aromatic rings. The van der Waals surface area contributed by atoms with Gasteiger partial charge < -0.3 is 14.9 Å². The molecule has 1 aromatic carbocycles. The molecule has 26 heavy (non-hydrogen) atoms. The van der Waals surface area contributed by atoms with Gasteiger partial charge in [-0.2, -0.15) is 0 Å². The molecule has 1 aliphatic rings. The van der Waals surface area contributed by atoms with E-state index in [0.29, 0.717) is 12.8 Å². The Balaban J connectivity index is 2.23. The SMILES string of the molecule is CC(C)=CCCC(C)=CCc1cc(C(=O)O)cc2c1O[C@H](C(C)(C)O)C2. The predicted octanol–water partition coefficient (Wildman–Crippen LogP) is 4.69. The summed E-state index contributed by atoms with van der Waals surface area (Å²) in [6.45, 7) is 9.72. The summed E-state index contributed by atoms with van der Waals surface area (Å²) in [6, 6.07) is 3.35. The number of ether oxygens (including phenoxy) is 1. The number of carboxylic acid groups (broad SMARTS) is 1. The predicted molar refractivity (Wildman–Crippen MR) is 104 cm³/mol. The number of benzene rings is 1. The second-order valence-corrected chi connectivity index (χ2v) is 7.97. The molecule has 0 aromatic heterocycles. The monoisotopic (exact) mass is 358 g/mol. The van der Waals surface area contributed by atoms with Crippen molar-refractivity contribution in [3.05, 3.63) is 52.1 Å². The summed E-state index contributed by atoms with van der Waals surface area (Å²) >= 11 is 0. The highest BCUT2D eigenvalue weighted by molar-refractivity contribution is 5.88. The van der Waals surface area contributed by atoms with Gasteiger partial charge in [-0.25, -0.2) is 4.79 Å². The molecule has 1 heterocycles. The minimum atomic E-state index is -0.976. The van der Waals surface area contributed by atoms with E-state index in [2.05, 4.69) is 32.9 Å². The molecule has 0 saturated heterocycles. The van der Waals surface area contributed by atoms with Crippen molar-refractivity contribution in [2.45, 2.75) is 72.0 Å². The maximum atomic E-state index is 11.5. The van der Waals surface area contributed by atoms with Crippen LogP contribution in [0.15, 0.2) is 35.4 Å². The van der Waals surface area contributed by atoms with E-state index in [1.807, 2.05) is 0 Å². The Labute approximate surface area is 156 Å². The van der Waals surface area contributed by atoms with Gasteiger partial charge in [0.1, 0.15) is 11.9 Å². The average molecular weight is 358 g/mol. The van der Waals surface area contributed by atoms with Gasteiger partial charge in [0, 0.05) is 6.42 Å². The molecule has 0 unspecified atom stereocenters. The smallest absolute Gasteiger partial charge is 0.335 e. The van der Waals surface area contributed by atoms with Crippen LogP contribution in [0.4, 0.5) is 0 Å². The molecule has 0 bridgehead atoms. The maximum absolute atomic E-state index is 11.5. The van der Waals surface area contributed by atoms with E-state index in [-0.39, 0.29) is 11.7 Å². The molecule has 2 rings (SSSR count). The third kappa shape index (κ3) is 5.21. The molecule has 0 fully saturated rings. The lowest BCUT2D eigenvalue weighted by molar-refractivity contribution is -0.0231. The molecule has 0 radical (unpaired) electrons. The molecule has 4 nitrogen and oxygen atoms in total. The molecule has 2 N–H and O–H groups in total. The van der Waals surface area contributed by atoms with Crippen LogP contribution >= 0.6 is 0 Å². The molecule has 0 aliphatic carbocycles. The average Bonchev–Trinajstić information content (AvgIpc) is 2.96. The fourth-order valence-corrected chi connectivity index (χ4v) is 3.08. The van der Waals surface area contributed by atoms with Crippen LogP contribution in [-0.4, -0.2) is 27.9 Å². The molecule has 1 atom stereocenters. The molecule has 0 saturated carbocycles. The Kier molecular flexibility index (Phi) is 6.30. The Morgan fingerprint density at radius 1 is 1.27 bits per heavy atom. The molecule has 0 amide bonds. The zero-order chi connectivity index (χ0) is 19.5. The summed E-state index contributed by atoms with van der Waals surface area (Å²) in [5, 5.41) is 19.7. The zero-order valence-corrected chi connectivity index (χ0v) is 16.4. The van der Waals surface area contributed by atoms with Crippen LogP contribution in [0, 0.1) is 0 Å². The molecule has 4 heteroatoms. The van der Waals surface area contributed by atoms with Crippen LogP contribution < -0.4 is 4.74 Å². The van der Waals surface area contributed by atoms with E-state index in [9.17, 15) is 15.0 Å². The third-order valence-electron chi connectivity index (χ3n) is 4.70. The summed E-state index contributed by atoms with van der Waals surface area (Å²) in [4.78, 5) is 11.5. The Morgan fingerprint density at radius 2 is 1.96 bits per heavy atom. The fraction of sp³-hybridized carbons (Fsp3) is 0.500. The van der Waals surface area contributed by atoms with Gasteiger partial charge in [0.05, 0.1) is 11.2 Å². The van der Waals surface area contributed by atoms with Gasteiger partial charge in [-0.1, -0.05) is 23.3 Å². The highest BCUT2D eigenvalue weighted by atomic mass is 16.5. The summed E-state index contributed by atoms with van der Waals surface area (Å²) in [7, 11) is 0. The highest BCUT2D eigenvalue weighted by Crippen LogP contribution is 2.37. The summed E-state index contributed by atoms with van der Waals surface area (Å²) in [5.41, 5.74) is 3.62. The second kappa shape index (κ2) is 8.09. The number of fused-ring (bicyclic) bond motifs is 1. The van der Waals surface area contributed by atoms with E-state index < -0.39 is 11.6 Å². The number of carboxylic acids is 1. The quantitative estimate of drug-likeness (QED) is 0.694. The second-order valence-electron chi connectivity index (χ2n) is 7.97. The first-order chi connectivity index (χ1) is 12.1. The van der Waals surface area contributed by atoms with Gasteiger partial charge >= 0.3 is 5.97 Å². The van der Waals surface area contributed by atoms with Gasteiger partial charge in [-0.05, 0) is 77.1 Å². The number of rotatable bonds is 7. The fourth-order valence-electron chi connectivity index (χ4n) is 3.08. The zero-order valence-electron chi connectivity index (χ0n) is 16.4. The van der Waals surface area contributed by atoms with E-state index in [1.165, 1.54) is 11.1 Å². The van der Waals surface area contributed by atoms with Gasteiger partial charge in [0.2, 0.25) is 0 Å². The molecule has 0 spiro atoms. The number of hydrogen-bond acceptors (Lipinski definition) is 3. The van der Waals surface area contributed by atoms with Crippen molar-refractivity contribution in [1.29, 1.82) is 0 Å². The van der Waals surface area contributed by atoms with Crippen LogP contribution in [0.5, 0.6) is 5.75 Å². The third-order valence-corrected chi connectivity index (χ3v) is 4.70. The molecular weight excluding hydrogens is 328 g/mol. The minimum absolute atomic E-state index is 0.273. The Morgan fingerprint density at radius 3 is 2.54 bits per heavy atom. The van der Waals surface area contributed by atoms with Crippen molar-refractivity contribution in [2.24, 2.45) is 0 Å². The van der Waals surface area contributed by atoms with Gasteiger partial charge in [0.15, 0.2) is 0 Å². The van der Waals surface area contributed by atoms with Crippen LogP contribution in [0.3, 0.4) is 0 Å². The standard InChI is InChI=1S/C22H30O4/c1-14(2)7-6-8-15(3)9-10-16-11-18(21(23)24)12-17-13-19(22(4,5)25)26-20(16)17/h7,9,11-12,19,25H,6,8,10,13H2,1-5H3,(H,23,24)/t19-/m0/s1. The van der Waals surface area contributed by atoms with Gasteiger partial charge in [-0.15, -0.1) is 0 Å². The lowest BCUT2D eigenvalue weighted by Gasteiger charge is -2.24. The van der Waals surface area contributed by atoms with Crippen LogP contribution in [0.1, 0.15) is 68.9 Å². The van der Waals surface area contributed by atoms with Crippen LogP contribution in [-0.2, 0) is 12.8 Å². The molecule has 1 aliphatic heterocycles.